The molecular formula is C32H54O9. The molecular weight excluding hydrogens is 528 g/mol. The molecule has 2 aliphatic heterocycles. The van der Waals surface area contributed by atoms with Crippen LogP contribution in [0.2, 0.25) is 0 Å². The minimum absolute atomic E-state index is 0.270. The fourth-order valence-corrected chi connectivity index (χ4v) is 5.13. The van der Waals surface area contributed by atoms with Gasteiger partial charge in [0.1, 0.15) is 30.2 Å². The number of hydrogen-bond donors (Lipinski definition) is 1. The molecule has 2 unspecified atom stereocenters. The third-order valence-electron chi connectivity index (χ3n) is 7.56. The Morgan fingerprint density at radius 2 is 1.39 bits per heavy atom. The maximum absolute atomic E-state index is 12.6. The Labute approximate surface area is 247 Å². The number of aliphatic hydroxyl groups is 1. The number of hydrogen-bond acceptors (Lipinski definition) is 9. The lowest BCUT2D eigenvalue weighted by Gasteiger charge is -2.50. The highest BCUT2D eigenvalue weighted by Gasteiger charge is 2.57. The zero-order valence-corrected chi connectivity index (χ0v) is 25.9. The first-order chi connectivity index (χ1) is 20.0. The molecule has 1 aromatic rings. The molecule has 0 bridgehead atoms. The molecule has 2 saturated heterocycles. The summed E-state index contributed by atoms with van der Waals surface area (Å²) in [6.07, 6.45) is 4.54. The van der Waals surface area contributed by atoms with E-state index in [1.54, 1.807) is 7.11 Å². The average Bonchev–Trinajstić information content (AvgIpc) is 3.53. The van der Waals surface area contributed by atoms with Crippen molar-refractivity contribution in [2.24, 2.45) is 0 Å². The fourth-order valence-electron chi connectivity index (χ4n) is 5.13. The Morgan fingerprint density at radius 1 is 0.805 bits per heavy atom. The van der Waals surface area contributed by atoms with Crippen LogP contribution in [0, 0.1) is 0 Å². The minimum Gasteiger partial charge on any atom is -0.496 e. The van der Waals surface area contributed by atoms with Crippen molar-refractivity contribution in [1.29, 1.82) is 0 Å². The number of ether oxygens (including phenoxy) is 8. The molecule has 2 fully saturated rings. The molecule has 0 spiro atoms. The summed E-state index contributed by atoms with van der Waals surface area (Å²) in [5, 5.41) is 12.6. The van der Waals surface area contributed by atoms with Gasteiger partial charge in [-0.1, -0.05) is 53.4 Å². The van der Waals surface area contributed by atoms with E-state index < -0.39 is 36.5 Å². The maximum Gasteiger partial charge on any atom is 0.222 e. The lowest BCUT2D eigenvalue weighted by atomic mass is 9.86. The first-order valence-corrected chi connectivity index (χ1v) is 15.8. The lowest BCUT2D eigenvalue weighted by Crippen LogP contribution is -2.66. The summed E-state index contributed by atoms with van der Waals surface area (Å²) in [6.45, 7) is 11.9. The predicted octanol–water partition coefficient (Wildman–Crippen LogP) is 5.66. The van der Waals surface area contributed by atoms with Gasteiger partial charge in [0.25, 0.3) is 0 Å². The molecule has 0 amide bonds. The second-order valence-corrected chi connectivity index (χ2v) is 10.8. The van der Waals surface area contributed by atoms with E-state index >= 15 is 0 Å². The molecule has 2 aliphatic rings. The molecule has 5 atom stereocenters. The van der Waals surface area contributed by atoms with Gasteiger partial charge in [0.15, 0.2) is 6.29 Å². The topological polar surface area (TPSA) is 94.1 Å². The van der Waals surface area contributed by atoms with Gasteiger partial charge < -0.3 is 43.0 Å². The highest BCUT2D eigenvalue weighted by molar-refractivity contribution is 5.41. The summed E-state index contributed by atoms with van der Waals surface area (Å²) in [4.78, 5) is 0. The molecule has 1 N–H and O–H groups in total. The van der Waals surface area contributed by atoms with Gasteiger partial charge in [-0.3, -0.25) is 0 Å². The van der Waals surface area contributed by atoms with Gasteiger partial charge in [0.2, 0.25) is 5.79 Å². The largest absolute Gasteiger partial charge is 0.496 e. The summed E-state index contributed by atoms with van der Waals surface area (Å²) in [7, 11) is 1.61. The number of benzene rings is 1. The van der Waals surface area contributed by atoms with E-state index in [0.717, 1.165) is 51.4 Å². The van der Waals surface area contributed by atoms with E-state index in [1.165, 1.54) is 0 Å². The van der Waals surface area contributed by atoms with Gasteiger partial charge in [-0.25, -0.2) is 0 Å². The summed E-state index contributed by atoms with van der Waals surface area (Å²) >= 11 is 0. The average molecular weight is 583 g/mol. The van der Waals surface area contributed by atoms with E-state index in [2.05, 4.69) is 27.7 Å². The van der Waals surface area contributed by atoms with Gasteiger partial charge in [-0.2, -0.15) is 0 Å². The smallest absolute Gasteiger partial charge is 0.222 e. The number of rotatable bonds is 20. The fraction of sp³-hybridized carbons (Fsp3) is 0.812. The first-order valence-electron chi connectivity index (χ1n) is 15.8. The molecule has 9 nitrogen and oxygen atoms in total. The Balaban J connectivity index is 2.05. The van der Waals surface area contributed by atoms with Crippen molar-refractivity contribution in [1.82, 2.24) is 0 Å². The van der Waals surface area contributed by atoms with Crippen LogP contribution in [0.1, 0.15) is 96.5 Å². The van der Waals surface area contributed by atoms with Crippen LogP contribution in [-0.4, -0.2) is 82.9 Å². The van der Waals surface area contributed by atoms with Gasteiger partial charge in [-0.15, -0.1) is 0 Å². The van der Waals surface area contributed by atoms with Crippen molar-refractivity contribution in [3.63, 3.8) is 0 Å². The van der Waals surface area contributed by atoms with E-state index in [4.69, 9.17) is 37.9 Å². The summed E-state index contributed by atoms with van der Waals surface area (Å²) in [6, 6.07) is 5.45. The van der Waals surface area contributed by atoms with E-state index in [-0.39, 0.29) is 6.61 Å². The van der Waals surface area contributed by atoms with Crippen LogP contribution in [-0.2, 0) is 38.9 Å². The Morgan fingerprint density at radius 3 is 2.00 bits per heavy atom. The zero-order valence-electron chi connectivity index (χ0n) is 25.9. The maximum atomic E-state index is 12.6. The van der Waals surface area contributed by atoms with Crippen LogP contribution in [0.3, 0.4) is 0 Å². The van der Waals surface area contributed by atoms with Gasteiger partial charge in [0, 0.05) is 32.0 Å². The summed E-state index contributed by atoms with van der Waals surface area (Å²) in [5.74, 6) is -1.23. The first kappa shape index (κ1) is 34.2. The van der Waals surface area contributed by atoms with Crippen molar-refractivity contribution in [3.05, 3.63) is 29.3 Å². The zero-order chi connectivity index (χ0) is 29.5. The standard InChI is InChI=1S/C32H54O9/c1-6-10-16-35-23-27-28(36-17-11-7-2)29(37-18-12-8-3)30(38-19-13-9-4)32(33,41-27)24-14-15-26(34-5)25(22-24)31-39-20-21-40-31/h14-15,22,27-31,33H,6-13,16-21,23H2,1-5H3/t27-,28-,29?,30-,32?/m1/s1. The lowest BCUT2D eigenvalue weighted by molar-refractivity contribution is -0.375. The van der Waals surface area contributed by atoms with Crippen LogP contribution in [0.25, 0.3) is 0 Å². The third kappa shape index (κ3) is 9.34. The molecule has 2 heterocycles. The Bertz CT molecular complexity index is 846. The molecule has 1 aromatic carbocycles. The summed E-state index contributed by atoms with van der Waals surface area (Å²) < 4.78 is 49.4. The van der Waals surface area contributed by atoms with Crippen LogP contribution in [0.5, 0.6) is 5.75 Å². The van der Waals surface area contributed by atoms with E-state index in [9.17, 15) is 5.11 Å². The molecule has 0 aromatic heterocycles. The second kappa shape index (κ2) is 18.4. The van der Waals surface area contributed by atoms with E-state index in [0.29, 0.717) is 56.5 Å². The van der Waals surface area contributed by atoms with Gasteiger partial charge in [-0.05, 0) is 43.9 Å². The van der Waals surface area contributed by atoms with Crippen molar-refractivity contribution >= 4 is 0 Å². The number of unbranched alkanes of at least 4 members (excludes halogenated alkanes) is 4. The van der Waals surface area contributed by atoms with Crippen molar-refractivity contribution in [3.8, 4) is 5.75 Å². The molecule has 41 heavy (non-hydrogen) atoms. The monoisotopic (exact) mass is 582 g/mol. The van der Waals surface area contributed by atoms with Crippen LogP contribution in [0.15, 0.2) is 18.2 Å². The molecule has 3 rings (SSSR count). The van der Waals surface area contributed by atoms with Crippen molar-refractivity contribution < 1.29 is 43.0 Å². The highest BCUT2D eigenvalue weighted by Crippen LogP contribution is 2.43. The van der Waals surface area contributed by atoms with Gasteiger partial charge in [0.05, 0.1) is 32.5 Å². The van der Waals surface area contributed by atoms with Crippen molar-refractivity contribution in [2.45, 2.75) is 116 Å². The SMILES string of the molecule is CCCCOC[C@H]1OC(O)(c2ccc(OC)c(C3OCCO3)c2)[C@H](OCCCC)C(OCCCC)[C@@H]1OCCCC. The summed E-state index contributed by atoms with van der Waals surface area (Å²) in [5.41, 5.74) is 1.20. The van der Waals surface area contributed by atoms with Crippen LogP contribution < -0.4 is 4.74 Å². The predicted molar refractivity (Wildman–Crippen MR) is 156 cm³/mol. The van der Waals surface area contributed by atoms with Crippen molar-refractivity contribution in [2.75, 3.05) is 53.4 Å². The molecule has 236 valence electrons. The van der Waals surface area contributed by atoms with Crippen LogP contribution >= 0.6 is 0 Å². The molecule has 9 heteroatoms. The molecule has 0 radical (unpaired) electrons. The molecule has 0 aliphatic carbocycles. The normalized spacial score (nSPS) is 27.0. The minimum atomic E-state index is -1.84. The highest BCUT2D eigenvalue weighted by atomic mass is 16.7. The quantitative estimate of drug-likeness (QED) is 0.196. The van der Waals surface area contributed by atoms with Crippen LogP contribution in [0.4, 0.5) is 0 Å². The number of methoxy groups -OCH3 is 1. The molecule has 0 saturated carbocycles. The Hall–Kier alpha value is -1.30. The Kier molecular flexibility index (Phi) is 15.3. The van der Waals surface area contributed by atoms with Gasteiger partial charge >= 0.3 is 0 Å². The van der Waals surface area contributed by atoms with E-state index in [1.807, 2.05) is 18.2 Å². The second-order valence-electron chi connectivity index (χ2n) is 10.8. The third-order valence-corrected chi connectivity index (χ3v) is 7.56.